The van der Waals surface area contributed by atoms with Crippen molar-refractivity contribution in [2.45, 2.75) is 62.2 Å². The molecule has 1 fully saturated rings. The summed E-state index contributed by atoms with van der Waals surface area (Å²) in [4.78, 5) is 37.5. The molecule has 1 heterocycles. The van der Waals surface area contributed by atoms with Gasteiger partial charge in [0, 0.05) is 42.0 Å². The van der Waals surface area contributed by atoms with E-state index >= 15 is 0 Å². The second kappa shape index (κ2) is 18.5. The second-order valence-corrected chi connectivity index (χ2v) is 14.1. The van der Waals surface area contributed by atoms with Gasteiger partial charge >= 0.3 is 5.97 Å². The van der Waals surface area contributed by atoms with Gasteiger partial charge < -0.3 is 36.1 Å². The van der Waals surface area contributed by atoms with Crippen LogP contribution in [-0.4, -0.2) is 39.9 Å². The summed E-state index contributed by atoms with van der Waals surface area (Å²) in [6.07, 6.45) is 0.212. The number of nitrogen functional groups attached to an aromatic ring is 1. The highest BCUT2D eigenvalue weighted by atomic mass is 32.2. The Morgan fingerprint density at radius 2 is 1.46 bits per heavy atom. The number of aromatic carboxylic acids is 1. The number of carbonyl (C=O) groups is 3. The molecule has 10 nitrogen and oxygen atoms in total. The first-order chi connectivity index (χ1) is 26.3. The van der Waals surface area contributed by atoms with Gasteiger partial charge in [0.15, 0.2) is 6.29 Å². The van der Waals surface area contributed by atoms with Gasteiger partial charge in [-0.2, -0.15) is 0 Å². The molecule has 3 atom stereocenters. The third-order valence-corrected chi connectivity index (χ3v) is 10.4. The molecule has 0 unspecified atom stereocenters. The molecule has 1 saturated heterocycles. The van der Waals surface area contributed by atoms with E-state index in [1.165, 1.54) is 11.8 Å². The summed E-state index contributed by atoms with van der Waals surface area (Å²) in [5, 5.41) is 25.0. The van der Waals surface area contributed by atoms with Gasteiger partial charge in [-0.3, -0.25) is 9.59 Å². The van der Waals surface area contributed by atoms with Crippen molar-refractivity contribution < 1.29 is 34.1 Å². The van der Waals surface area contributed by atoms with Crippen LogP contribution in [0.2, 0.25) is 0 Å². The van der Waals surface area contributed by atoms with Gasteiger partial charge in [0.2, 0.25) is 11.8 Å². The minimum Gasteiger partial charge on any atom is -0.478 e. The molecule has 0 saturated carbocycles. The van der Waals surface area contributed by atoms with Crippen molar-refractivity contribution in [3.05, 3.63) is 149 Å². The van der Waals surface area contributed by atoms with Crippen LogP contribution in [0.3, 0.4) is 0 Å². The first kappa shape index (κ1) is 38.3. The van der Waals surface area contributed by atoms with E-state index in [-0.39, 0.29) is 49.0 Å². The maximum atomic E-state index is 12.7. The van der Waals surface area contributed by atoms with Gasteiger partial charge in [-0.25, -0.2) is 4.79 Å². The van der Waals surface area contributed by atoms with E-state index in [9.17, 15) is 24.6 Å². The Bertz CT molecular complexity index is 2060. The Kier molecular flexibility index (Phi) is 13.1. The smallest absolute Gasteiger partial charge is 0.336 e. The Labute approximate surface area is 318 Å². The molecule has 6 rings (SSSR count). The van der Waals surface area contributed by atoms with Crippen LogP contribution in [0.4, 0.5) is 11.4 Å². The summed E-state index contributed by atoms with van der Waals surface area (Å²) in [6, 6.07) is 37.5. The van der Waals surface area contributed by atoms with Gasteiger partial charge in [-0.1, -0.05) is 97.1 Å². The topological polar surface area (TPSA) is 160 Å². The van der Waals surface area contributed by atoms with Crippen LogP contribution in [0.15, 0.2) is 126 Å². The number of nitrogens with one attached hydrogen (secondary N) is 2. The lowest BCUT2D eigenvalue weighted by Gasteiger charge is -2.36. The third-order valence-electron chi connectivity index (χ3n) is 9.19. The number of hydrogen-bond donors (Lipinski definition) is 5. The van der Waals surface area contributed by atoms with Crippen LogP contribution >= 0.6 is 11.8 Å². The molecule has 0 bridgehead atoms. The molecule has 2 amide bonds. The minimum absolute atomic E-state index is 0.0478. The van der Waals surface area contributed by atoms with E-state index in [4.69, 9.17) is 15.2 Å². The van der Waals surface area contributed by atoms with Crippen molar-refractivity contribution in [2.75, 3.05) is 16.8 Å². The number of rotatable bonds is 15. The molecule has 0 spiro atoms. The highest BCUT2D eigenvalue weighted by molar-refractivity contribution is 7.99. The number of hydrogen-bond acceptors (Lipinski definition) is 8. The number of ether oxygens (including phenoxy) is 2. The van der Waals surface area contributed by atoms with Crippen molar-refractivity contribution in [3.8, 4) is 11.1 Å². The monoisotopic (exact) mass is 745 g/mol. The van der Waals surface area contributed by atoms with Crippen LogP contribution in [0.5, 0.6) is 0 Å². The second-order valence-electron chi connectivity index (χ2n) is 13.0. The molecule has 6 N–H and O–H groups in total. The van der Waals surface area contributed by atoms with E-state index in [1.807, 2.05) is 84.9 Å². The molecule has 0 aliphatic carbocycles. The van der Waals surface area contributed by atoms with Crippen LogP contribution < -0.4 is 16.4 Å². The predicted octanol–water partition coefficient (Wildman–Crippen LogP) is 7.89. The van der Waals surface area contributed by atoms with Gasteiger partial charge in [-0.05, 0) is 58.5 Å². The Hall–Kier alpha value is -5.46. The van der Waals surface area contributed by atoms with Crippen molar-refractivity contribution in [2.24, 2.45) is 0 Å². The molecular weight excluding hydrogens is 703 g/mol. The lowest BCUT2D eigenvalue weighted by atomic mass is 9.97. The number of benzene rings is 5. The number of carbonyl (C=O) groups excluding carboxylic acids is 2. The number of aliphatic hydroxyl groups is 1. The van der Waals surface area contributed by atoms with E-state index in [2.05, 4.69) is 10.6 Å². The number of anilines is 2. The average Bonchev–Trinajstić information content (AvgIpc) is 3.20. The van der Waals surface area contributed by atoms with E-state index in [0.29, 0.717) is 41.4 Å². The molecule has 54 heavy (non-hydrogen) atoms. The Balaban J connectivity index is 1.09. The molecule has 278 valence electrons. The first-order valence-electron chi connectivity index (χ1n) is 17.8. The van der Waals surface area contributed by atoms with Crippen molar-refractivity contribution in [1.82, 2.24) is 5.32 Å². The van der Waals surface area contributed by atoms with E-state index in [1.54, 1.807) is 36.4 Å². The molecule has 5 aromatic rings. The summed E-state index contributed by atoms with van der Waals surface area (Å²) in [5.41, 5.74) is 12.7. The fraction of sp³-hybridized carbons (Fsp3) is 0.233. The van der Waals surface area contributed by atoms with Gasteiger partial charge in [-0.15, -0.1) is 11.8 Å². The zero-order chi connectivity index (χ0) is 37.9. The Morgan fingerprint density at radius 3 is 2.22 bits per heavy atom. The van der Waals surface area contributed by atoms with Crippen LogP contribution in [0.25, 0.3) is 11.1 Å². The van der Waals surface area contributed by atoms with Gasteiger partial charge in [0.1, 0.15) is 0 Å². The Morgan fingerprint density at radius 1 is 0.778 bits per heavy atom. The maximum Gasteiger partial charge on any atom is 0.336 e. The molecular formula is C43H43N3O7S. The molecule has 0 radical (unpaired) electrons. The molecule has 1 aliphatic heterocycles. The first-order valence-corrected chi connectivity index (χ1v) is 18.8. The fourth-order valence-electron chi connectivity index (χ4n) is 6.27. The third kappa shape index (κ3) is 10.1. The standard InChI is InChI=1S/C43H43N3O7S/c44-36-11-4-5-12-37(36)46-41(49)15-7-14-40(48)45-25-32-8-1-2-9-34(32)29-20-22-31(23-21-29)43-52-33(27-54-39-13-6-3-10-35(39)42(50)51)24-38(53-43)30-18-16-28(26-47)17-19-30/h1-6,8-13,16-23,33,38,43,47H,7,14-15,24-27,44H2,(H,45,48)(H,46,49)(H,50,51)/t33-,38+,43+/m1/s1. The summed E-state index contributed by atoms with van der Waals surface area (Å²) < 4.78 is 13.0. The van der Waals surface area contributed by atoms with Crippen molar-refractivity contribution in [1.29, 1.82) is 0 Å². The summed E-state index contributed by atoms with van der Waals surface area (Å²) in [5.74, 6) is -0.773. The van der Waals surface area contributed by atoms with Gasteiger partial charge in [0.05, 0.1) is 35.8 Å². The normalized spacial score (nSPS) is 16.7. The summed E-state index contributed by atoms with van der Waals surface area (Å²) in [6.45, 7) is 0.285. The van der Waals surface area contributed by atoms with Gasteiger partial charge in [0.25, 0.3) is 0 Å². The number of thioether (sulfide) groups is 1. The summed E-state index contributed by atoms with van der Waals surface area (Å²) in [7, 11) is 0. The number of nitrogens with two attached hydrogens (primary N) is 1. The van der Waals surface area contributed by atoms with Crippen molar-refractivity contribution >= 4 is 40.9 Å². The highest BCUT2D eigenvalue weighted by Crippen LogP contribution is 2.40. The lowest BCUT2D eigenvalue weighted by Crippen LogP contribution is -2.31. The number of carboxylic acid groups (broad SMARTS) is 1. The van der Waals surface area contributed by atoms with Crippen LogP contribution in [0.1, 0.15) is 70.7 Å². The zero-order valence-electron chi connectivity index (χ0n) is 29.7. The number of aliphatic hydroxyl groups excluding tert-OH is 1. The van der Waals surface area contributed by atoms with Crippen LogP contribution in [-0.2, 0) is 32.2 Å². The molecule has 0 aromatic heterocycles. The lowest BCUT2D eigenvalue weighted by molar-refractivity contribution is -0.245. The molecule has 5 aromatic carbocycles. The molecule has 1 aliphatic rings. The largest absolute Gasteiger partial charge is 0.478 e. The highest BCUT2D eigenvalue weighted by Gasteiger charge is 2.32. The number of amides is 2. The fourth-order valence-corrected chi connectivity index (χ4v) is 7.33. The summed E-state index contributed by atoms with van der Waals surface area (Å²) >= 11 is 1.45. The number of carboxylic acids is 1. The predicted molar refractivity (Wildman–Crippen MR) is 210 cm³/mol. The minimum atomic E-state index is -0.970. The van der Waals surface area contributed by atoms with Crippen molar-refractivity contribution in [3.63, 3.8) is 0 Å². The average molecular weight is 746 g/mol. The van der Waals surface area contributed by atoms with E-state index in [0.717, 1.165) is 33.4 Å². The zero-order valence-corrected chi connectivity index (χ0v) is 30.5. The molecule has 11 heteroatoms. The van der Waals surface area contributed by atoms with E-state index < -0.39 is 12.3 Å². The SMILES string of the molecule is Nc1ccccc1NC(=O)CCCC(=O)NCc1ccccc1-c1ccc([C@H]2O[C@@H](CSc3ccccc3C(=O)O)C[C@@H](c3ccc(CO)cc3)O2)cc1. The maximum absolute atomic E-state index is 12.7. The number of para-hydroxylation sites is 2. The quantitative estimate of drug-likeness (QED) is 0.0531. The van der Waals surface area contributed by atoms with Crippen LogP contribution in [0, 0.1) is 0 Å².